The number of benzene rings is 2. The second-order valence-electron chi connectivity index (χ2n) is 8.56. The molecule has 3 heterocycles. The molecule has 5 N–H and O–H groups in total. The van der Waals surface area contributed by atoms with E-state index in [9.17, 15) is 24.9 Å². The summed E-state index contributed by atoms with van der Waals surface area (Å²) in [6, 6.07) is 8.07. The van der Waals surface area contributed by atoms with Crippen molar-refractivity contribution in [3.63, 3.8) is 0 Å². The smallest absolute Gasteiger partial charge is 0.404 e. The molecular weight excluding hydrogens is 430 g/mol. The number of phenols is 2. The number of piperazine rings is 1. The van der Waals surface area contributed by atoms with Gasteiger partial charge < -0.3 is 30.7 Å². The van der Waals surface area contributed by atoms with Crippen LogP contribution in [0.25, 0.3) is 0 Å². The Bertz CT molecular complexity index is 1200. The number of aliphatic hydroxyl groups is 1. The van der Waals surface area contributed by atoms with Crippen LogP contribution in [0.1, 0.15) is 27.4 Å². The summed E-state index contributed by atoms with van der Waals surface area (Å²) < 4.78 is 5.01. The number of azo groups is 1. The molecule has 3 aliphatic heterocycles. The highest BCUT2D eigenvalue weighted by atomic mass is 16.5. The number of phenolic OH excluding ortho intramolecular Hbond substituents is 2. The van der Waals surface area contributed by atoms with Crippen molar-refractivity contribution < 1.29 is 29.6 Å². The summed E-state index contributed by atoms with van der Waals surface area (Å²) in [6.45, 7) is 1.63. The Kier molecular flexibility index (Phi) is 4.59. The predicted octanol–water partition coefficient (Wildman–Crippen LogP) is 1.71. The van der Waals surface area contributed by atoms with Crippen molar-refractivity contribution in [2.75, 3.05) is 25.1 Å². The summed E-state index contributed by atoms with van der Waals surface area (Å²) in [5.74, 6) is -2.09. The number of hydrogen-bond acceptors (Lipinski definition) is 9. The lowest BCUT2D eigenvalue weighted by Gasteiger charge is -2.36. The number of rotatable bonds is 4. The second-order valence-corrected chi connectivity index (χ2v) is 8.56. The van der Waals surface area contributed by atoms with Gasteiger partial charge in [-0.05, 0) is 26.1 Å². The molecule has 0 spiro atoms. The van der Waals surface area contributed by atoms with Gasteiger partial charge in [-0.3, -0.25) is 9.69 Å². The highest BCUT2D eigenvalue weighted by Crippen LogP contribution is 2.64. The van der Waals surface area contributed by atoms with E-state index >= 15 is 0 Å². The zero-order valence-corrected chi connectivity index (χ0v) is 18.0. The molecule has 2 fully saturated rings. The first kappa shape index (κ1) is 21.2. The van der Waals surface area contributed by atoms with E-state index in [2.05, 4.69) is 10.2 Å². The van der Waals surface area contributed by atoms with E-state index in [1.165, 1.54) is 6.92 Å². The van der Waals surface area contributed by atoms with Gasteiger partial charge in [0, 0.05) is 29.3 Å². The van der Waals surface area contributed by atoms with Crippen LogP contribution in [0, 0.1) is 6.92 Å². The topological polar surface area (TPSA) is 161 Å². The third kappa shape index (κ3) is 2.89. The molecule has 0 bridgehead atoms. The lowest BCUT2D eigenvalue weighted by atomic mass is 9.88. The van der Waals surface area contributed by atoms with Gasteiger partial charge in [0.05, 0.1) is 17.6 Å². The fourth-order valence-corrected chi connectivity index (χ4v) is 5.25. The van der Waals surface area contributed by atoms with E-state index in [0.29, 0.717) is 12.1 Å². The molecule has 3 aliphatic rings. The molecule has 172 valence electrons. The molecule has 11 heteroatoms. The largest absolute Gasteiger partial charge is 0.505 e. The van der Waals surface area contributed by atoms with Gasteiger partial charge in [-0.1, -0.05) is 18.2 Å². The first-order chi connectivity index (χ1) is 15.7. The minimum atomic E-state index is -1.53. The SMILES string of the molecule is Cc1c(O)c2c(c(O)c1N=NC(=O)c1ccccc1)[C@H](COC(N)=O)[C@@]1(O)[C@@H]3[C@H](CN21)N3C. The normalized spacial score (nSPS) is 29.0. The zero-order valence-electron chi connectivity index (χ0n) is 18.0. The lowest BCUT2D eigenvalue weighted by molar-refractivity contribution is -0.00470. The number of hydrogen-bond donors (Lipinski definition) is 4. The van der Waals surface area contributed by atoms with Gasteiger partial charge in [0.1, 0.15) is 23.8 Å². The average molecular weight is 453 g/mol. The minimum Gasteiger partial charge on any atom is -0.505 e. The maximum Gasteiger partial charge on any atom is 0.404 e. The van der Waals surface area contributed by atoms with E-state index < -0.39 is 23.6 Å². The third-order valence-corrected chi connectivity index (χ3v) is 6.93. The van der Waals surface area contributed by atoms with Gasteiger partial charge >= 0.3 is 6.09 Å². The van der Waals surface area contributed by atoms with Crippen LogP contribution in [0.5, 0.6) is 11.5 Å². The van der Waals surface area contributed by atoms with E-state index in [-0.39, 0.29) is 52.7 Å². The molecule has 2 saturated heterocycles. The molecule has 1 unspecified atom stereocenters. The van der Waals surface area contributed by atoms with Gasteiger partial charge in [-0.2, -0.15) is 0 Å². The van der Waals surface area contributed by atoms with Crippen molar-refractivity contribution >= 4 is 23.4 Å². The summed E-state index contributed by atoms with van der Waals surface area (Å²) in [6.07, 6.45) is -1.03. The fraction of sp³-hybridized carbons (Fsp3) is 0.364. The minimum absolute atomic E-state index is 0.0592. The van der Waals surface area contributed by atoms with E-state index in [4.69, 9.17) is 10.5 Å². The Morgan fingerprint density at radius 2 is 1.94 bits per heavy atom. The van der Waals surface area contributed by atoms with Gasteiger partial charge in [-0.15, -0.1) is 10.2 Å². The standard InChI is InChI=1S/C22H23N5O6/c1-10-15(24-25-20(30)11-6-4-3-5-7-11)18(29)14-12(9-33-21(23)31)22(32)19-13(26(19)2)8-27(22)16(14)17(10)28/h3-7,12-13,19,28-29,32H,8-9H2,1-2H3,(H2,23,31)/t12-,13-,19-,22+,26?/m0/s1. The summed E-state index contributed by atoms with van der Waals surface area (Å²) in [4.78, 5) is 27.3. The van der Waals surface area contributed by atoms with E-state index in [0.717, 1.165) is 0 Å². The number of aromatic hydroxyl groups is 2. The van der Waals surface area contributed by atoms with Crippen LogP contribution in [0.4, 0.5) is 16.2 Å². The van der Waals surface area contributed by atoms with Crippen molar-refractivity contribution in [2.24, 2.45) is 16.0 Å². The molecular formula is C22H23N5O6. The molecule has 2 aromatic rings. The van der Waals surface area contributed by atoms with Crippen LogP contribution >= 0.6 is 0 Å². The monoisotopic (exact) mass is 453 g/mol. The molecule has 0 aromatic heterocycles. The van der Waals surface area contributed by atoms with Crippen molar-refractivity contribution in [3.8, 4) is 11.5 Å². The number of ether oxygens (including phenoxy) is 1. The zero-order chi connectivity index (χ0) is 23.7. The van der Waals surface area contributed by atoms with Crippen LogP contribution in [-0.4, -0.2) is 70.2 Å². The Morgan fingerprint density at radius 3 is 2.61 bits per heavy atom. The van der Waals surface area contributed by atoms with Crippen molar-refractivity contribution in [3.05, 3.63) is 47.0 Å². The molecule has 33 heavy (non-hydrogen) atoms. The number of likely N-dealkylation sites (N-methyl/N-ethyl adjacent to an activating group) is 1. The van der Waals surface area contributed by atoms with Gasteiger partial charge in [0.25, 0.3) is 5.91 Å². The van der Waals surface area contributed by atoms with Crippen molar-refractivity contribution in [1.29, 1.82) is 0 Å². The highest BCUT2D eigenvalue weighted by molar-refractivity contribution is 5.95. The maximum absolute atomic E-state index is 12.4. The Morgan fingerprint density at radius 1 is 1.24 bits per heavy atom. The molecule has 0 radical (unpaired) electrons. The Hall–Kier alpha value is -3.70. The molecule has 11 nitrogen and oxygen atoms in total. The van der Waals surface area contributed by atoms with Crippen molar-refractivity contribution in [1.82, 2.24) is 4.90 Å². The van der Waals surface area contributed by atoms with Crippen LogP contribution in [0.2, 0.25) is 0 Å². The average Bonchev–Trinajstić information content (AvgIpc) is 3.21. The number of primary amides is 1. The van der Waals surface area contributed by atoms with Crippen molar-refractivity contribution in [2.45, 2.75) is 30.7 Å². The Labute approximate surface area is 188 Å². The molecule has 0 aliphatic carbocycles. The highest BCUT2D eigenvalue weighted by Gasteiger charge is 2.73. The van der Waals surface area contributed by atoms with Crippen LogP contribution < -0.4 is 10.6 Å². The third-order valence-electron chi connectivity index (χ3n) is 6.93. The quantitative estimate of drug-likeness (QED) is 0.309. The number of fused-ring (bicyclic) bond motifs is 5. The number of anilines is 1. The lowest BCUT2D eigenvalue weighted by Crippen LogP contribution is -2.53. The number of amides is 2. The summed E-state index contributed by atoms with van der Waals surface area (Å²) in [7, 11) is 1.86. The van der Waals surface area contributed by atoms with Crippen LogP contribution in [0.15, 0.2) is 40.6 Å². The predicted molar refractivity (Wildman–Crippen MR) is 116 cm³/mol. The molecule has 5 atom stereocenters. The molecule has 2 amide bonds. The first-order valence-corrected chi connectivity index (χ1v) is 10.4. The Balaban J connectivity index is 1.60. The van der Waals surface area contributed by atoms with Crippen LogP contribution in [-0.2, 0) is 4.74 Å². The number of nitrogens with two attached hydrogens (primary N) is 1. The second kappa shape index (κ2) is 7.15. The van der Waals surface area contributed by atoms with Gasteiger partial charge in [0.2, 0.25) is 0 Å². The fourth-order valence-electron chi connectivity index (χ4n) is 5.25. The number of carbonyl (C=O) groups is 2. The maximum atomic E-state index is 12.4. The van der Waals surface area contributed by atoms with Crippen LogP contribution in [0.3, 0.4) is 0 Å². The number of carbonyl (C=O) groups excluding carboxylic acids is 2. The molecule has 2 aromatic carbocycles. The summed E-state index contributed by atoms with van der Waals surface area (Å²) in [5.41, 5.74) is 4.44. The van der Waals surface area contributed by atoms with Gasteiger partial charge in [0.15, 0.2) is 5.72 Å². The van der Waals surface area contributed by atoms with Gasteiger partial charge in [-0.25, -0.2) is 4.79 Å². The molecule has 5 rings (SSSR count). The number of nitrogens with zero attached hydrogens (tertiary/aromatic N) is 4. The van der Waals surface area contributed by atoms with E-state index in [1.54, 1.807) is 35.2 Å². The first-order valence-electron chi connectivity index (χ1n) is 10.4. The van der Waals surface area contributed by atoms with E-state index in [1.807, 2.05) is 11.9 Å². The molecule has 0 saturated carbocycles. The summed E-state index contributed by atoms with van der Waals surface area (Å²) >= 11 is 0. The summed E-state index contributed by atoms with van der Waals surface area (Å²) in [5, 5.41) is 41.6.